The highest BCUT2D eigenvalue weighted by atomic mass is 15.4. The van der Waals surface area contributed by atoms with Gasteiger partial charge < -0.3 is 4.90 Å². The molecule has 7 heteroatoms. The first-order valence-electron chi connectivity index (χ1n) is 8.24. The van der Waals surface area contributed by atoms with Crippen LogP contribution in [0.15, 0.2) is 12.1 Å². The maximum absolute atomic E-state index is 4.46. The zero-order valence-electron chi connectivity index (χ0n) is 14.4. The number of hydrogen-bond donors (Lipinski definition) is 0. The molecule has 0 saturated carbocycles. The maximum atomic E-state index is 4.46. The van der Waals surface area contributed by atoms with Gasteiger partial charge in [-0.15, -0.1) is 10.2 Å². The van der Waals surface area contributed by atoms with Crippen LogP contribution in [-0.4, -0.2) is 50.7 Å². The highest BCUT2D eigenvalue weighted by Crippen LogP contribution is 2.32. The largest absolute Gasteiger partial charge is 0.361 e. The van der Waals surface area contributed by atoms with Crippen molar-refractivity contribution in [2.24, 2.45) is 0 Å². The van der Waals surface area contributed by atoms with Crippen molar-refractivity contribution in [1.82, 2.24) is 30.1 Å². The predicted molar refractivity (Wildman–Crippen MR) is 89.2 cm³/mol. The molecule has 1 fully saturated rings. The van der Waals surface area contributed by atoms with Gasteiger partial charge in [-0.25, -0.2) is 4.68 Å². The van der Waals surface area contributed by atoms with Crippen LogP contribution < -0.4 is 4.90 Å². The second-order valence-electron chi connectivity index (χ2n) is 6.28. The van der Waals surface area contributed by atoms with Crippen LogP contribution in [0.2, 0.25) is 0 Å². The minimum Gasteiger partial charge on any atom is -0.361 e. The minimum atomic E-state index is 0.332. The number of likely N-dealkylation sites (tertiary alicyclic amines) is 1. The molecule has 0 bridgehead atoms. The van der Waals surface area contributed by atoms with Crippen molar-refractivity contribution in [3.8, 4) is 0 Å². The summed E-state index contributed by atoms with van der Waals surface area (Å²) in [7, 11) is 3.96. The Hall–Kier alpha value is -2.02. The Balaban J connectivity index is 1.78. The SMILES string of the molecule is CCn1nnc(C)c1CN1CCCC1c1ccc(N(C)C)nn1. The molecular weight excluding hydrogens is 290 g/mol. The average molecular weight is 315 g/mol. The van der Waals surface area contributed by atoms with Crippen molar-refractivity contribution in [2.75, 3.05) is 25.5 Å². The summed E-state index contributed by atoms with van der Waals surface area (Å²) in [6, 6.07) is 4.48. The maximum Gasteiger partial charge on any atom is 0.150 e. The summed E-state index contributed by atoms with van der Waals surface area (Å²) in [6.07, 6.45) is 2.32. The molecule has 1 aliphatic rings. The van der Waals surface area contributed by atoms with Gasteiger partial charge in [-0.1, -0.05) is 5.21 Å². The van der Waals surface area contributed by atoms with E-state index in [1.165, 1.54) is 12.1 Å². The van der Waals surface area contributed by atoms with Crippen LogP contribution in [0.5, 0.6) is 0 Å². The van der Waals surface area contributed by atoms with Crippen molar-refractivity contribution < 1.29 is 0 Å². The van der Waals surface area contributed by atoms with Crippen LogP contribution in [-0.2, 0) is 13.1 Å². The molecule has 0 amide bonds. The van der Waals surface area contributed by atoms with Crippen molar-refractivity contribution in [3.05, 3.63) is 29.2 Å². The van der Waals surface area contributed by atoms with Crippen LogP contribution in [0.25, 0.3) is 0 Å². The Bertz CT molecular complexity index is 647. The molecule has 0 aromatic carbocycles. The number of rotatable bonds is 5. The third-order valence-corrected chi connectivity index (χ3v) is 4.52. The molecule has 124 valence electrons. The Morgan fingerprint density at radius 2 is 2.04 bits per heavy atom. The van der Waals surface area contributed by atoms with Gasteiger partial charge in [0.25, 0.3) is 0 Å². The molecule has 3 rings (SSSR count). The van der Waals surface area contributed by atoms with E-state index in [4.69, 9.17) is 0 Å². The highest BCUT2D eigenvalue weighted by molar-refractivity contribution is 5.35. The third-order valence-electron chi connectivity index (χ3n) is 4.52. The number of hydrogen-bond acceptors (Lipinski definition) is 6. The molecule has 0 spiro atoms. The summed E-state index contributed by atoms with van der Waals surface area (Å²) in [4.78, 5) is 4.44. The van der Waals surface area contributed by atoms with Crippen molar-refractivity contribution >= 4 is 5.82 Å². The lowest BCUT2D eigenvalue weighted by molar-refractivity contribution is 0.235. The molecule has 2 aromatic rings. The predicted octanol–water partition coefficient (Wildman–Crippen LogP) is 1.80. The Morgan fingerprint density at radius 3 is 2.70 bits per heavy atom. The fraction of sp³-hybridized carbons (Fsp3) is 0.625. The van der Waals surface area contributed by atoms with E-state index < -0.39 is 0 Å². The van der Waals surface area contributed by atoms with E-state index in [1.54, 1.807) is 0 Å². The zero-order chi connectivity index (χ0) is 16.4. The molecule has 7 nitrogen and oxygen atoms in total. The second kappa shape index (κ2) is 6.62. The first kappa shape index (κ1) is 15.9. The van der Waals surface area contributed by atoms with E-state index >= 15 is 0 Å². The van der Waals surface area contributed by atoms with Crippen molar-refractivity contribution in [1.29, 1.82) is 0 Å². The number of aryl methyl sites for hydroxylation is 2. The summed E-state index contributed by atoms with van der Waals surface area (Å²) in [5.74, 6) is 0.891. The number of aromatic nitrogens is 5. The van der Waals surface area contributed by atoms with Gasteiger partial charge in [-0.05, 0) is 45.4 Å². The van der Waals surface area contributed by atoms with Gasteiger partial charge >= 0.3 is 0 Å². The van der Waals surface area contributed by atoms with E-state index in [0.717, 1.165) is 43.3 Å². The number of anilines is 1. The number of nitrogens with zero attached hydrogens (tertiary/aromatic N) is 7. The standard InChI is InChI=1S/C16H25N7/c1-5-23-15(12(2)17-20-23)11-22-10-6-7-14(22)13-8-9-16(19-18-13)21(3)4/h8-9,14H,5-7,10-11H2,1-4H3. The second-order valence-corrected chi connectivity index (χ2v) is 6.28. The van der Waals surface area contributed by atoms with E-state index in [-0.39, 0.29) is 0 Å². The first-order valence-corrected chi connectivity index (χ1v) is 8.24. The third kappa shape index (κ3) is 3.19. The van der Waals surface area contributed by atoms with Gasteiger partial charge in [-0.3, -0.25) is 4.90 Å². The molecule has 0 radical (unpaired) electrons. The molecule has 1 unspecified atom stereocenters. The van der Waals surface area contributed by atoms with Gasteiger partial charge in [0.1, 0.15) is 0 Å². The lowest BCUT2D eigenvalue weighted by Gasteiger charge is -2.24. The van der Waals surface area contributed by atoms with Crippen LogP contribution >= 0.6 is 0 Å². The Morgan fingerprint density at radius 1 is 1.22 bits per heavy atom. The monoisotopic (exact) mass is 315 g/mol. The summed E-state index contributed by atoms with van der Waals surface area (Å²) in [6.45, 7) is 6.94. The molecule has 2 aromatic heterocycles. The van der Waals surface area contributed by atoms with Crippen molar-refractivity contribution in [3.63, 3.8) is 0 Å². The minimum absolute atomic E-state index is 0.332. The summed E-state index contributed by atoms with van der Waals surface area (Å²) >= 11 is 0. The molecule has 1 aliphatic heterocycles. The van der Waals surface area contributed by atoms with Crippen LogP contribution in [0.3, 0.4) is 0 Å². The average Bonchev–Trinajstić information content (AvgIpc) is 3.15. The Labute approximate surface area is 137 Å². The van der Waals surface area contributed by atoms with Crippen molar-refractivity contribution in [2.45, 2.75) is 45.8 Å². The van der Waals surface area contributed by atoms with E-state index in [0.29, 0.717) is 6.04 Å². The lowest BCUT2D eigenvalue weighted by Crippen LogP contribution is -2.26. The Kier molecular flexibility index (Phi) is 4.56. The molecule has 1 saturated heterocycles. The van der Waals surface area contributed by atoms with Gasteiger partial charge in [0.2, 0.25) is 0 Å². The fourth-order valence-electron chi connectivity index (χ4n) is 3.16. The highest BCUT2D eigenvalue weighted by Gasteiger charge is 2.29. The van der Waals surface area contributed by atoms with Crippen LogP contribution in [0, 0.1) is 6.92 Å². The summed E-state index contributed by atoms with van der Waals surface area (Å²) in [5.41, 5.74) is 3.28. The molecule has 3 heterocycles. The molecule has 23 heavy (non-hydrogen) atoms. The van der Waals surface area contributed by atoms with E-state index in [9.17, 15) is 0 Å². The van der Waals surface area contributed by atoms with Gasteiger partial charge in [0, 0.05) is 27.2 Å². The zero-order valence-corrected chi connectivity index (χ0v) is 14.4. The summed E-state index contributed by atoms with van der Waals surface area (Å²) in [5, 5.41) is 17.2. The quantitative estimate of drug-likeness (QED) is 0.838. The van der Waals surface area contributed by atoms with Gasteiger partial charge in [0.05, 0.1) is 23.1 Å². The van der Waals surface area contributed by atoms with E-state index in [1.807, 2.05) is 36.7 Å². The first-order chi connectivity index (χ1) is 11.1. The molecular formula is C16H25N7. The summed E-state index contributed by atoms with van der Waals surface area (Å²) < 4.78 is 1.99. The van der Waals surface area contributed by atoms with Gasteiger partial charge in [0.15, 0.2) is 5.82 Å². The molecule has 1 atom stereocenters. The fourth-order valence-corrected chi connectivity index (χ4v) is 3.16. The smallest absolute Gasteiger partial charge is 0.150 e. The normalized spacial score (nSPS) is 18.5. The molecule has 0 N–H and O–H groups in total. The lowest BCUT2D eigenvalue weighted by atomic mass is 10.1. The van der Waals surface area contributed by atoms with Crippen LogP contribution in [0.4, 0.5) is 5.82 Å². The topological polar surface area (TPSA) is 63.0 Å². The van der Waals surface area contributed by atoms with Crippen LogP contribution in [0.1, 0.15) is 42.9 Å². The van der Waals surface area contributed by atoms with E-state index in [2.05, 4.69) is 38.4 Å². The molecule has 0 aliphatic carbocycles. The van der Waals surface area contributed by atoms with Gasteiger partial charge in [-0.2, -0.15) is 5.10 Å².